The molecule has 2 rings (SSSR count). The van der Waals surface area contributed by atoms with Gasteiger partial charge in [-0.25, -0.2) is 4.39 Å². The second kappa shape index (κ2) is 6.87. The number of aliphatic hydroxyl groups is 1. The second-order valence-corrected chi connectivity index (χ2v) is 5.41. The third-order valence-electron chi connectivity index (χ3n) is 3.80. The normalized spacial score (nSPS) is 16.8. The number of aliphatic hydroxyl groups excluding tert-OH is 1. The molecule has 0 unspecified atom stereocenters. The van der Waals surface area contributed by atoms with Gasteiger partial charge in [0.2, 0.25) is 0 Å². The van der Waals surface area contributed by atoms with Crippen molar-refractivity contribution in [1.82, 2.24) is 9.80 Å². The molecule has 0 atom stereocenters. The number of aryl methyl sites for hydroxylation is 1. The zero-order chi connectivity index (χ0) is 15.4. The Morgan fingerprint density at radius 2 is 2.10 bits per heavy atom. The lowest BCUT2D eigenvalue weighted by atomic mass is 10.1. The van der Waals surface area contributed by atoms with Gasteiger partial charge in [0, 0.05) is 31.9 Å². The van der Waals surface area contributed by atoms with E-state index >= 15 is 0 Å². The monoisotopic (exact) mass is 295 g/mol. The minimum atomic E-state index is -0.495. The molecular formula is C15H22FN3O2. The maximum atomic E-state index is 14.1. The van der Waals surface area contributed by atoms with Crippen molar-refractivity contribution >= 4 is 11.6 Å². The van der Waals surface area contributed by atoms with Crippen LogP contribution in [0.25, 0.3) is 0 Å². The third kappa shape index (κ3) is 3.71. The fraction of sp³-hybridized carbons (Fsp3) is 0.533. The molecule has 1 fully saturated rings. The van der Waals surface area contributed by atoms with Gasteiger partial charge in [0.1, 0.15) is 5.82 Å². The summed E-state index contributed by atoms with van der Waals surface area (Å²) in [6.45, 7) is 4.97. The highest BCUT2D eigenvalue weighted by Gasteiger charge is 2.23. The molecule has 116 valence electrons. The Morgan fingerprint density at radius 3 is 2.81 bits per heavy atom. The summed E-state index contributed by atoms with van der Waals surface area (Å²) in [6, 6.07) is 2.93. The molecule has 0 saturated carbocycles. The quantitative estimate of drug-likeness (QED) is 0.811. The summed E-state index contributed by atoms with van der Waals surface area (Å²) >= 11 is 0. The van der Waals surface area contributed by atoms with Crippen LogP contribution in [-0.2, 0) is 0 Å². The van der Waals surface area contributed by atoms with Gasteiger partial charge >= 0.3 is 0 Å². The van der Waals surface area contributed by atoms with Crippen LogP contribution < -0.4 is 5.73 Å². The van der Waals surface area contributed by atoms with Crippen molar-refractivity contribution in [2.45, 2.75) is 13.3 Å². The minimum absolute atomic E-state index is 0.0445. The fourth-order valence-corrected chi connectivity index (χ4v) is 2.66. The Bertz CT molecular complexity index is 522. The van der Waals surface area contributed by atoms with Crippen LogP contribution in [0.4, 0.5) is 10.1 Å². The molecule has 1 aromatic carbocycles. The van der Waals surface area contributed by atoms with Crippen molar-refractivity contribution in [1.29, 1.82) is 0 Å². The topological polar surface area (TPSA) is 69.8 Å². The lowest BCUT2D eigenvalue weighted by Gasteiger charge is -2.22. The fourth-order valence-electron chi connectivity index (χ4n) is 2.66. The van der Waals surface area contributed by atoms with Crippen LogP contribution in [0.15, 0.2) is 12.1 Å². The molecule has 0 spiro atoms. The molecule has 0 radical (unpaired) electrons. The largest absolute Gasteiger partial charge is 0.399 e. The van der Waals surface area contributed by atoms with Crippen molar-refractivity contribution in [3.8, 4) is 0 Å². The van der Waals surface area contributed by atoms with Crippen LogP contribution in [0.5, 0.6) is 0 Å². The number of benzene rings is 1. The summed E-state index contributed by atoms with van der Waals surface area (Å²) in [5.41, 5.74) is 6.54. The number of rotatable bonds is 3. The standard InChI is InChI=1S/C15H22FN3O2/c1-11-9-12(17)10-13(14(11)16)15(21)19-4-2-3-18(5-6-19)7-8-20/h9-10,20H,2-8,17H2,1H3. The number of nitrogens with zero attached hydrogens (tertiary/aromatic N) is 2. The first-order valence-corrected chi connectivity index (χ1v) is 7.21. The molecule has 1 saturated heterocycles. The number of anilines is 1. The van der Waals surface area contributed by atoms with Crippen LogP contribution in [-0.4, -0.2) is 60.1 Å². The average molecular weight is 295 g/mol. The number of β-amino-alcohol motifs (C(OH)–C–C–N with tert-alkyl or cyclic N) is 1. The molecule has 1 aliphatic rings. The van der Waals surface area contributed by atoms with Gasteiger partial charge in [-0.15, -0.1) is 0 Å². The van der Waals surface area contributed by atoms with Gasteiger partial charge in [0.15, 0.2) is 0 Å². The van der Waals surface area contributed by atoms with Crippen molar-refractivity contribution in [2.24, 2.45) is 0 Å². The summed E-state index contributed by atoms with van der Waals surface area (Å²) in [5, 5.41) is 8.98. The molecule has 1 amide bonds. The second-order valence-electron chi connectivity index (χ2n) is 5.41. The van der Waals surface area contributed by atoms with Gasteiger partial charge in [-0.1, -0.05) is 0 Å². The zero-order valence-corrected chi connectivity index (χ0v) is 12.3. The number of carbonyl (C=O) groups excluding carboxylic acids is 1. The van der Waals surface area contributed by atoms with Crippen molar-refractivity contribution in [3.05, 3.63) is 29.1 Å². The highest BCUT2D eigenvalue weighted by atomic mass is 19.1. The molecule has 0 aromatic heterocycles. The van der Waals surface area contributed by atoms with E-state index in [4.69, 9.17) is 10.8 Å². The summed E-state index contributed by atoms with van der Waals surface area (Å²) in [4.78, 5) is 16.3. The SMILES string of the molecule is Cc1cc(N)cc(C(=O)N2CCCN(CCO)CC2)c1F. The van der Waals surface area contributed by atoms with Gasteiger partial charge in [-0.3, -0.25) is 9.69 Å². The van der Waals surface area contributed by atoms with E-state index in [0.717, 1.165) is 13.0 Å². The van der Waals surface area contributed by atoms with Gasteiger partial charge in [0.05, 0.1) is 12.2 Å². The summed E-state index contributed by atoms with van der Waals surface area (Å²) < 4.78 is 14.1. The van der Waals surface area contributed by atoms with Gasteiger partial charge in [-0.2, -0.15) is 0 Å². The number of hydrogen-bond acceptors (Lipinski definition) is 4. The molecule has 5 nitrogen and oxygen atoms in total. The van der Waals surface area contributed by atoms with Crippen LogP contribution in [0.2, 0.25) is 0 Å². The van der Waals surface area contributed by atoms with Crippen LogP contribution >= 0.6 is 0 Å². The number of hydrogen-bond donors (Lipinski definition) is 2. The molecular weight excluding hydrogens is 273 g/mol. The van der Waals surface area contributed by atoms with E-state index in [1.54, 1.807) is 11.8 Å². The molecule has 1 aromatic rings. The van der Waals surface area contributed by atoms with Crippen molar-refractivity contribution < 1.29 is 14.3 Å². The lowest BCUT2D eigenvalue weighted by molar-refractivity contribution is 0.0755. The highest BCUT2D eigenvalue weighted by molar-refractivity contribution is 5.95. The molecule has 21 heavy (non-hydrogen) atoms. The summed E-state index contributed by atoms with van der Waals surface area (Å²) in [6.07, 6.45) is 0.814. The highest BCUT2D eigenvalue weighted by Crippen LogP contribution is 2.19. The van der Waals surface area contributed by atoms with E-state index in [1.165, 1.54) is 12.1 Å². The zero-order valence-electron chi connectivity index (χ0n) is 12.3. The van der Waals surface area contributed by atoms with E-state index in [1.807, 2.05) is 0 Å². The van der Waals surface area contributed by atoms with E-state index < -0.39 is 5.82 Å². The van der Waals surface area contributed by atoms with Crippen LogP contribution in [0, 0.1) is 12.7 Å². The first-order chi connectivity index (χ1) is 10.0. The molecule has 1 aliphatic heterocycles. The Balaban J connectivity index is 2.13. The number of carbonyl (C=O) groups is 1. The van der Waals surface area contributed by atoms with E-state index in [-0.39, 0.29) is 18.1 Å². The molecule has 1 heterocycles. The Kier molecular flexibility index (Phi) is 5.14. The van der Waals surface area contributed by atoms with Gasteiger partial charge in [-0.05, 0) is 37.6 Å². The Hall–Kier alpha value is -1.66. The molecule has 3 N–H and O–H groups in total. The number of amides is 1. The molecule has 0 aliphatic carbocycles. The average Bonchev–Trinajstić information content (AvgIpc) is 2.68. The Labute approximate surface area is 124 Å². The van der Waals surface area contributed by atoms with Crippen LogP contribution in [0.3, 0.4) is 0 Å². The predicted molar refractivity (Wildman–Crippen MR) is 79.6 cm³/mol. The lowest BCUT2D eigenvalue weighted by Crippen LogP contribution is -2.36. The van der Waals surface area contributed by atoms with Gasteiger partial charge in [0.25, 0.3) is 5.91 Å². The van der Waals surface area contributed by atoms with E-state index in [9.17, 15) is 9.18 Å². The minimum Gasteiger partial charge on any atom is -0.399 e. The first-order valence-electron chi connectivity index (χ1n) is 7.21. The predicted octanol–water partition coefficient (Wildman–Crippen LogP) is 0.857. The summed E-state index contributed by atoms with van der Waals surface area (Å²) in [7, 11) is 0. The number of halogens is 1. The van der Waals surface area contributed by atoms with Gasteiger partial charge < -0.3 is 15.7 Å². The maximum absolute atomic E-state index is 14.1. The maximum Gasteiger partial charge on any atom is 0.256 e. The van der Waals surface area contributed by atoms with Crippen LogP contribution in [0.1, 0.15) is 22.3 Å². The first kappa shape index (κ1) is 15.7. The molecule has 0 bridgehead atoms. The smallest absolute Gasteiger partial charge is 0.256 e. The third-order valence-corrected chi connectivity index (χ3v) is 3.80. The van der Waals surface area contributed by atoms with Crippen molar-refractivity contribution in [2.75, 3.05) is 45.1 Å². The van der Waals surface area contributed by atoms with E-state index in [2.05, 4.69) is 4.90 Å². The number of nitrogens with two attached hydrogens (primary N) is 1. The van der Waals surface area contributed by atoms with E-state index in [0.29, 0.717) is 37.4 Å². The van der Waals surface area contributed by atoms with Crippen molar-refractivity contribution in [3.63, 3.8) is 0 Å². The summed E-state index contributed by atoms with van der Waals surface area (Å²) in [5.74, 6) is -0.806. The molecule has 6 heteroatoms. The Morgan fingerprint density at radius 1 is 1.33 bits per heavy atom. The number of nitrogen functional groups attached to an aromatic ring is 1.